The highest BCUT2D eigenvalue weighted by atomic mass is 16.5. The van der Waals surface area contributed by atoms with Crippen molar-refractivity contribution in [2.45, 2.75) is 13.1 Å². The molecule has 33 heavy (non-hydrogen) atoms. The first kappa shape index (κ1) is 21.7. The average molecular weight is 442 g/mol. The molecule has 166 valence electrons. The van der Waals surface area contributed by atoms with Gasteiger partial charge in [-0.05, 0) is 53.2 Å². The smallest absolute Gasteiger partial charge is 0.255 e. The summed E-state index contributed by atoms with van der Waals surface area (Å²) in [5, 5.41) is 17.9. The lowest BCUT2D eigenvalue weighted by molar-refractivity contribution is -0.122. The van der Waals surface area contributed by atoms with E-state index in [1.165, 1.54) is 4.80 Å². The van der Waals surface area contributed by atoms with E-state index in [4.69, 9.17) is 4.74 Å². The Morgan fingerprint density at radius 3 is 2.52 bits per heavy atom. The van der Waals surface area contributed by atoms with E-state index >= 15 is 0 Å². The van der Waals surface area contributed by atoms with Gasteiger partial charge in [-0.2, -0.15) is 4.80 Å². The van der Waals surface area contributed by atoms with Crippen LogP contribution >= 0.6 is 0 Å². The molecule has 0 unspecified atom stereocenters. The number of rotatable bonds is 8. The molecule has 0 spiro atoms. The Labute approximate surface area is 190 Å². The van der Waals surface area contributed by atoms with Gasteiger partial charge in [0.05, 0.1) is 7.11 Å². The average Bonchev–Trinajstić information content (AvgIpc) is 3.32. The first-order valence-electron chi connectivity index (χ1n) is 10.2. The Bertz CT molecular complexity index is 1240. The highest BCUT2D eigenvalue weighted by molar-refractivity contribution is 6.04. The number of aromatic nitrogens is 4. The molecule has 4 rings (SSSR count). The summed E-state index contributed by atoms with van der Waals surface area (Å²) < 4.78 is 5.15. The molecular weight excluding hydrogens is 420 g/mol. The number of nitrogens with zero attached hydrogens (tertiary/aromatic N) is 4. The van der Waals surface area contributed by atoms with Gasteiger partial charge < -0.3 is 15.4 Å². The number of nitrogens with one attached hydrogen (secondary N) is 2. The first-order chi connectivity index (χ1) is 16.1. The van der Waals surface area contributed by atoms with Gasteiger partial charge in [-0.3, -0.25) is 9.59 Å². The monoisotopic (exact) mass is 442 g/mol. The van der Waals surface area contributed by atoms with E-state index in [0.717, 1.165) is 5.56 Å². The maximum Gasteiger partial charge on any atom is 0.255 e. The fourth-order valence-electron chi connectivity index (χ4n) is 3.08. The summed E-state index contributed by atoms with van der Waals surface area (Å²) in [6, 6.07) is 23.6. The van der Waals surface area contributed by atoms with Crippen molar-refractivity contribution in [2.75, 3.05) is 12.4 Å². The molecule has 1 aromatic heterocycles. The van der Waals surface area contributed by atoms with Crippen molar-refractivity contribution in [2.24, 2.45) is 0 Å². The predicted molar refractivity (Wildman–Crippen MR) is 122 cm³/mol. The van der Waals surface area contributed by atoms with E-state index in [1.54, 1.807) is 55.6 Å². The van der Waals surface area contributed by atoms with Crippen LogP contribution in [0, 0.1) is 0 Å². The molecule has 9 nitrogen and oxygen atoms in total. The van der Waals surface area contributed by atoms with Crippen LogP contribution in [0.4, 0.5) is 5.69 Å². The van der Waals surface area contributed by atoms with Crippen molar-refractivity contribution < 1.29 is 14.3 Å². The van der Waals surface area contributed by atoms with Crippen LogP contribution in [-0.2, 0) is 17.9 Å². The second kappa shape index (κ2) is 10.2. The topological polar surface area (TPSA) is 111 Å². The van der Waals surface area contributed by atoms with E-state index in [9.17, 15) is 9.59 Å². The van der Waals surface area contributed by atoms with Gasteiger partial charge in [0.1, 0.15) is 12.3 Å². The van der Waals surface area contributed by atoms with Gasteiger partial charge in [0.15, 0.2) is 0 Å². The standard InChI is InChI=1S/C24H22N6O3/c1-33-21-9-5-8-19(14-21)24(32)26-20-12-10-18(11-13-20)23-27-29-30(28-23)16-22(31)25-15-17-6-3-2-4-7-17/h2-14H,15-16H2,1H3,(H,25,31)(H,26,32). The second-order valence-corrected chi connectivity index (χ2v) is 7.17. The van der Waals surface area contributed by atoms with Gasteiger partial charge >= 0.3 is 0 Å². The predicted octanol–water partition coefficient (Wildman–Crippen LogP) is 2.92. The number of tetrazole rings is 1. The molecule has 0 radical (unpaired) electrons. The highest BCUT2D eigenvalue weighted by Gasteiger charge is 2.11. The van der Waals surface area contributed by atoms with Gasteiger partial charge in [-0.25, -0.2) is 0 Å². The lowest BCUT2D eigenvalue weighted by atomic mass is 10.1. The summed E-state index contributed by atoms with van der Waals surface area (Å²) in [6.07, 6.45) is 0. The molecule has 0 saturated heterocycles. The minimum absolute atomic E-state index is 0.0332. The SMILES string of the molecule is COc1cccc(C(=O)Nc2ccc(-c3nnn(CC(=O)NCc4ccccc4)n3)cc2)c1. The molecule has 4 aromatic rings. The number of amides is 2. The molecule has 0 aliphatic heterocycles. The Kier molecular flexibility index (Phi) is 6.70. The minimum atomic E-state index is -0.243. The van der Waals surface area contributed by atoms with E-state index in [2.05, 4.69) is 26.0 Å². The molecule has 3 aromatic carbocycles. The van der Waals surface area contributed by atoms with Crippen molar-refractivity contribution in [3.8, 4) is 17.1 Å². The zero-order valence-electron chi connectivity index (χ0n) is 17.9. The molecule has 0 atom stereocenters. The number of hydrogen-bond donors (Lipinski definition) is 2. The Hall–Kier alpha value is -4.53. The third-order valence-electron chi connectivity index (χ3n) is 4.80. The van der Waals surface area contributed by atoms with Gasteiger partial charge in [0, 0.05) is 23.4 Å². The summed E-state index contributed by atoms with van der Waals surface area (Å²) >= 11 is 0. The summed E-state index contributed by atoms with van der Waals surface area (Å²) in [7, 11) is 1.55. The number of benzene rings is 3. The van der Waals surface area contributed by atoms with Crippen LogP contribution < -0.4 is 15.4 Å². The number of carbonyl (C=O) groups is 2. The van der Waals surface area contributed by atoms with Crippen molar-refractivity contribution >= 4 is 17.5 Å². The van der Waals surface area contributed by atoms with Crippen molar-refractivity contribution in [3.63, 3.8) is 0 Å². The second-order valence-electron chi connectivity index (χ2n) is 7.17. The van der Waals surface area contributed by atoms with Crippen LogP contribution in [0.2, 0.25) is 0 Å². The van der Waals surface area contributed by atoms with Crippen LogP contribution in [0.3, 0.4) is 0 Å². The van der Waals surface area contributed by atoms with E-state index < -0.39 is 0 Å². The Morgan fingerprint density at radius 2 is 1.76 bits per heavy atom. The van der Waals surface area contributed by atoms with Crippen LogP contribution in [0.5, 0.6) is 5.75 Å². The molecule has 0 fully saturated rings. The molecule has 9 heteroatoms. The van der Waals surface area contributed by atoms with Gasteiger partial charge in [-0.15, -0.1) is 10.2 Å². The van der Waals surface area contributed by atoms with Gasteiger partial charge in [0.25, 0.3) is 5.91 Å². The molecule has 0 aliphatic rings. The Morgan fingerprint density at radius 1 is 0.970 bits per heavy atom. The molecule has 2 N–H and O–H groups in total. The van der Waals surface area contributed by atoms with Gasteiger partial charge in [-0.1, -0.05) is 36.4 Å². The normalized spacial score (nSPS) is 10.5. The van der Waals surface area contributed by atoms with Crippen LogP contribution in [0.25, 0.3) is 11.4 Å². The molecular formula is C24H22N6O3. The van der Waals surface area contributed by atoms with Crippen LogP contribution in [0.1, 0.15) is 15.9 Å². The van der Waals surface area contributed by atoms with E-state index in [1.807, 2.05) is 30.3 Å². The maximum atomic E-state index is 12.4. The van der Waals surface area contributed by atoms with Crippen molar-refractivity contribution in [1.29, 1.82) is 0 Å². The Balaban J connectivity index is 1.33. The largest absolute Gasteiger partial charge is 0.497 e. The lowest BCUT2D eigenvalue weighted by Gasteiger charge is -2.07. The minimum Gasteiger partial charge on any atom is -0.497 e. The van der Waals surface area contributed by atoms with E-state index in [0.29, 0.717) is 34.9 Å². The number of ether oxygens (including phenoxy) is 1. The number of anilines is 1. The number of carbonyl (C=O) groups excluding carboxylic acids is 2. The molecule has 0 aliphatic carbocycles. The number of methoxy groups -OCH3 is 1. The highest BCUT2D eigenvalue weighted by Crippen LogP contribution is 2.19. The lowest BCUT2D eigenvalue weighted by Crippen LogP contribution is -2.28. The van der Waals surface area contributed by atoms with Crippen LogP contribution in [0.15, 0.2) is 78.9 Å². The zero-order chi connectivity index (χ0) is 23.0. The van der Waals surface area contributed by atoms with Crippen molar-refractivity contribution in [3.05, 3.63) is 90.0 Å². The third-order valence-corrected chi connectivity index (χ3v) is 4.80. The summed E-state index contributed by atoms with van der Waals surface area (Å²) in [4.78, 5) is 25.8. The number of hydrogen-bond acceptors (Lipinski definition) is 6. The first-order valence-corrected chi connectivity index (χ1v) is 10.2. The summed E-state index contributed by atoms with van der Waals surface area (Å²) in [6.45, 7) is 0.401. The fraction of sp³-hybridized carbons (Fsp3) is 0.125. The molecule has 2 amide bonds. The van der Waals surface area contributed by atoms with E-state index in [-0.39, 0.29) is 18.4 Å². The summed E-state index contributed by atoms with van der Waals surface area (Å²) in [5.41, 5.74) is 2.84. The van der Waals surface area contributed by atoms with Gasteiger partial charge in [0.2, 0.25) is 11.7 Å². The fourth-order valence-corrected chi connectivity index (χ4v) is 3.08. The van der Waals surface area contributed by atoms with Crippen LogP contribution in [-0.4, -0.2) is 39.1 Å². The maximum absolute atomic E-state index is 12.4. The van der Waals surface area contributed by atoms with Crippen molar-refractivity contribution in [1.82, 2.24) is 25.5 Å². The third kappa shape index (κ3) is 5.79. The molecule has 0 bridgehead atoms. The summed E-state index contributed by atoms with van der Waals surface area (Å²) in [5.74, 6) is 0.545. The zero-order valence-corrected chi connectivity index (χ0v) is 17.9. The molecule has 1 heterocycles. The molecule has 0 saturated carbocycles. The quantitative estimate of drug-likeness (QED) is 0.434.